The van der Waals surface area contributed by atoms with Crippen LogP contribution in [0.15, 0.2) is 0 Å². The Balaban J connectivity index is 2.32. The Bertz CT molecular complexity index is 110. The number of hydrogen-bond donors (Lipinski definition) is 1. The van der Waals surface area contributed by atoms with Crippen molar-refractivity contribution >= 4 is 0 Å². The van der Waals surface area contributed by atoms with Gasteiger partial charge in [0.15, 0.2) is 0 Å². The fraction of sp³-hybridized carbons (Fsp3) is 1.00. The van der Waals surface area contributed by atoms with Crippen molar-refractivity contribution in [3.8, 4) is 0 Å². The molecule has 1 unspecified atom stereocenters. The molecule has 0 aromatic rings. The Labute approximate surface area is 62.7 Å². The second kappa shape index (κ2) is 2.89. The van der Waals surface area contributed by atoms with Crippen LogP contribution in [-0.4, -0.2) is 20.3 Å². The van der Waals surface area contributed by atoms with E-state index in [-0.39, 0.29) is 0 Å². The zero-order valence-corrected chi connectivity index (χ0v) is 6.89. The van der Waals surface area contributed by atoms with Gasteiger partial charge in [0.1, 0.15) is 0 Å². The average molecular weight is 143 g/mol. The second-order valence-electron chi connectivity index (χ2n) is 3.42. The Morgan fingerprint density at radius 2 is 2.20 bits per heavy atom. The highest BCUT2D eigenvalue weighted by Gasteiger charge is 2.45. The van der Waals surface area contributed by atoms with E-state index in [0.717, 1.165) is 13.2 Å². The van der Waals surface area contributed by atoms with Gasteiger partial charge in [0.05, 0.1) is 0 Å². The molecular weight excluding hydrogens is 126 g/mol. The second-order valence-corrected chi connectivity index (χ2v) is 3.42. The lowest BCUT2D eigenvalue weighted by atomic mass is 9.92. The first-order chi connectivity index (χ1) is 4.75. The smallest absolute Gasteiger partial charge is 0.0493 e. The van der Waals surface area contributed by atoms with E-state index >= 15 is 0 Å². The molecule has 2 heteroatoms. The highest BCUT2D eigenvalue weighted by atomic mass is 16.5. The van der Waals surface area contributed by atoms with Crippen LogP contribution in [0, 0.1) is 11.3 Å². The van der Waals surface area contributed by atoms with E-state index < -0.39 is 0 Å². The highest BCUT2D eigenvalue weighted by molar-refractivity contribution is 4.97. The quantitative estimate of drug-likeness (QED) is 0.637. The summed E-state index contributed by atoms with van der Waals surface area (Å²) < 4.78 is 5.08. The topological polar surface area (TPSA) is 35.2 Å². The van der Waals surface area contributed by atoms with E-state index in [0.29, 0.717) is 11.3 Å². The minimum absolute atomic E-state index is 0.454. The number of nitrogens with two attached hydrogens (primary N) is 1. The maximum Gasteiger partial charge on any atom is 0.0493 e. The summed E-state index contributed by atoms with van der Waals surface area (Å²) in [7, 11) is 1.75. The van der Waals surface area contributed by atoms with Gasteiger partial charge in [-0.25, -0.2) is 0 Å². The lowest BCUT2D eigenvalue weighted by Crippen LogP contribution is -2.26. The first kappa shape index (κ1) is 8.02. The average Bonchev–Trinajstić information content (AvgIpc) is 2.68. The van der Waals surface area contributed by atoms with Gasteiger partial charge in [-0.1, -0.05) is 6.92 Å². The summed E-state index contributed by atoms with van der Waals surface area (Å²) in [6.45, 7) is 3.91. The molecule has 1 rings (SSSR count). The van der Waals surface area contributed by atoms with E-state index in [9.17, 15) is 0 Å². The molecule has 0 aliphatic heterocycles. The first-order valence-electron chi connectivity index (χ1n) is 3.94. The van der Waals surface area contributed by atoms with Crippen molar-refractivity contribution in [3.63, 3.8) is 0 Å². The van der Waals surface area contributed by atoms with E-state index in [1.54, 1.807) is 7.11 Å². The molecule has 1 saturated carbocycles. The van der Waals surface area contributed by atoms with Crippen LogP contribution in [0.1, 0.15) is 19.8 Å². The van der Waals surface area contributed by atoms with Gasteiger partial charge < -0.3 is 10.5 Å². The van der Waals surface area contributed by atoms with Gasteiger partial charge >= 0.3 is 0 Å². The van der Waals surface area contributed by atoms with Gasteiger partial charge in [0.25, 0.3) is 0 Å². The van der Waals surface area contributed by atoms with Crippen LogP contribution < -0.4 is 5.73 Å². The molecule has 10 heavy (non-hydrogen) atoms. The van der Waals surface area contributed by atoms with Crippen LogP contribution >= 0.6 is 0 Å². The first-order valence-corrected chi connectivity index (χ1v) is 3.94. The molecule has 0 heterocycles. The monoisotopic (exact) mass is 143 g/mol. The summed E-state index contributed by atoms with van der Waals surface area (Å²) in [4.78, 5) is 0. The summed E-state index contributed by atoms with van der Waals surface area (Å²) >= 11 is 0. The summed E-state index contributed by atoms with van der Waals surface area (Å²) in [6, 6.07) is 0. The summed E-state index contributed by atoms with van der Waals surface area (Å²) in [5.41, 5.74) is 6.10. The third-order valence-electron chi connectivity index (χ3n) is 2.76. The molecule has 0 amide bonds. The van der Waals surface area contributed by atoms with Crippen LogP contribution in [0.4, 0.5) is 0 Å². The van der Waals surface area contributed by atoms with E-state index in [1.165, 1.54) is 12.8 Å². The normalized spacial score (nSPS) is 24.3. The van der Waals surface area contributed by atoms with Gasteiger partial charge in [-0.2, -0.15) is 0 Å². The van der Waals surface area contributed by atoms with Gasteiger partial charge in [-0.15, -0.1) is 0 Å². The van der Waals surface area contributed by atoms with Crippen molar-refractivity contribution in [2.24, 2.45) is 17.1 Å². The Morgan fingerprint density at radius 3 is 2.50 bits per heavy atom. The molecule has 2 nitrogen and oxygen atoms in total. The molecule has 0 aromatic carbocycles. The summed E-state index contributed by atoms with van der Waals surface area (Å²) in [6.07, 6.45) is 2.60. The van der Waals surface area contributed by atoms with E-state index in [4.69, 9.17) is 10.5 Å². The van der Waals surface area contributed by atoms with Gasteiger partial charge in [-0.05, 0) is 30.7 Å². The maximum absolute atomic E-state index is 5.64. The minimum atomic E-state index is 0.454. The molecule has 60 valence electrons. The number of hydrogen-bond acceptors (Lipinski definition) is 2. The van der Waals surface area contributed by atoms with E-state index in [1.807, 2.05) is 0 Å². The van der Waals surface area contributed by atoms with E-state index in [2.05, 4.69) is 6.92 Å². The Morgan fingerprint density at radius 1 is 1.60 bits per heavy atom. The Hall–Kier alpha value is -0.0800. The van der Waals surface area contributed by atoms with Crippen LogP contribution in [0.2, 0.25) is 0 Å². The molecule has 0 aromatic heterocycles. The van der Waals surface area contributed by atoms with Crippen LogP contribution in [0.5, 0.6) is 0 Å². The van der Waals surface area contributed by atoms with Crippen LogP contribution in [0.3, 0.4) is 0 Å². The zero-order chi connectivity index (χ0) is 7.61. The molecule has 0 radical (unpaired) electrons. The van der Waals surface area contributed by atoms with Crippen LogP contribution in [-0.2, 0) is 4.74 Å². The molecule has 1 fully saturated rings. The standard InChI is InChI=1S/C8H17NO/c1-7(5-10-2)8(6-9)3-4-8/h7H,3-6,9H2,1-2H3. The van der Waals surface area contributed by atoms with Crippen molar-refractivity contribution < 1.29 is 4.74 Å². The molecule has 0 bridgehead atoms. The lowest BCUT2D eigenvalue weighted by Gasteiger charge is -2.20. The third kappa shape index (κ3) is 1.32. The van der Waals surface area contributed by atoms with Crippen LogP contribution in [0.25, 0.3) is 0 Å². The lowest BCUT2D eigenvalue weighted by molar-refractivity contribution is 0.123. The maximum atomic E-state index is 5.64. The fourth-order valence-electron chi connectivity index (χ4n) is 1.49. The fourth-order valence-corrected chi connectivity index (χ4v) is 1.49. The number of ether oxygens (including phenoxy) is 1. The van der Waals surface area contributed by atoms with Crippen molar-refractivity contribution in [2.45, 2.75) is 19.8 Å². The largest absolute Gasteiger partial charge is 0.384 e. The molecule has 1 aliphatic carbocycles. The molecular formula is C8H17NO. The predicted octanol–water partition coefficient (Wildman–Crippen LogP) is 1.01. The molecule has 1 atom stereocenters. The molecule has 0 spiro atoms. The van der Waals surface area contributed by atoms with Gasteiger partial charge in [0.2, 0.25) is 0 Å². The van der Waals surface area contributed by atoms with Gasteiger partial charge in [0, 0.05) is 13.7 Å². The number of rotatable bonds is 4. The number of methoxy groups -OCH3 is 1. The highest BCUT2D eigenvalue weighted by Crippen LogP contribution is 2.50. The van der Waals surface area contributed by atoms with Crippen molar-refractivity contribution in [3.05, 3.63) is 0 Å². The summed E-state index contributed by atoms with van der Waals surface area (Å²) in [5, 5.41) is 0. The van der Waals surface area contributed by atoms with Gasteiger partial charge in [-0.3, -0.25) is 0 Å². The van der Waals surface area contributed by atoms with Crippen molar-refractivity contribution in [2.75, 3.05) is 20.3 Å². The minimum Gasteiger partial charge on any atom is -0.384 e. The molecule has 2 N–H and O–H groups in total. The predicted molar refractivity (Wildman–Crippen MR) is 41.8 cm³/mol. The Kier molecular flexibility index (Phi) is 2.32. The van der Waals surface area contributed by atoms with Crippen molar-refractivity contribution in [1.82, 2.24) is 0 Å². The zero-order valence-electron chi connectivity index (χ0n) is 6.89. The molecule has 0 saturated heterocycles. The molecule has 1 aliphatic rings. The van der Waals surface area contributed by atoms with Crippen molar-refractivity contribution in [1.29, 1.82) is 0 Å². The third-order valence-corrected chi connectivity index (χ3v) is 2.76. The summed E-state index contributed by atoms with van der Waals surface area (Å²) in [5.74, 6) is 0.641. The SMILES string of the molecule is COCC(C)C1(CN)CC1.